The molecule has 0 N–H and O–H groups in total. The molecule has 0 radical (unpaired) electrons. The predicted octanol–water partition coefficient (Wildman–Crippen LogP) is 6.27. The van der Waals surface area contributed by atoms with Gasteiger partial charge in [0.05, 0.1) is 28.0 Å². The fraction of sp³-hybridized carbons (Fsp3) is 0.531. The standard InChI is InChI=1S/C32H35Cl2N3O6S/c1-18-23-13-21(37(18)29-8-7-20(15-35-29)27(38)17-44(39,40)22-9-11-41-12-10-22)14-28(23)42-16-24-31(36-43-32(24)19-5-6-19)30-25(33)3-2-4-26(30)34/h2-4,7-8,15,18-19,21-23,28H,5-6,9-14,16-17H2,1H3/t18-,21+,23+,28-/m0/s1. The number of rotatable bonds is 10. The molecule has 2 aromatic heterocycles. The molecular formula is C32H35Cl2N3O6S. The number of ketones is 1. The average Bonchev–Trinajstić information content (AvgIpc) is 3.52. The number of halogens is 2. The van der Waals surface area contributed by atoms with Gasteiger partial charge in [0.1, 0.15) is 23.0 Å². The number of sulfone groups is 1. The van der Waals surface area contributed by atoms with Crippen LogP contribution < -0.4 is 4.90 Å². The topological polar surface area (TPSA) is 112 Å². The number of anilines is 1. The fourth-order valence-electron chi connectivity index (χ4n) is 7.23. The molecule has 4 aliphatic rings. The van der Waals surface area contributed by atoms with E-state index in [1.54, 1.807) is 18.2 Å². The predicted molar refractivity (Wildman–Crippen MR) is 167 cm³/mol. The lowest BCUT2D eigenvalue weighted by molar-refractivity contribution is 0.00359. The number of hydrogen-bond acceptors (Lipinski definition) is 9. The zero-order valence-corrected chi connectivity index (χ0v) is 26.8. The number of benzene rings is 1. The Morgan fingerprint density at radius 2 is 1.82 bits per heavy atom. The fourth-order valence-corrected chi connectivity index (χ4v) is 9.48. The number of carbonyl (C=O) groups is 1. The zero-order valence-electron chi connectivity index (χ0n) is 24.5. The minimum Gasteiger partial charge on any atom is -0.381 e. The van der Waals surface area contributed by atoms with E-state index in [2.05, 4.69) is 22.0 Å². The van der Waals surface area contributed by atoms with Gasteiger partial charge in [-0.15, -0.1) is 0 Å². The van der Waals surface area contributed by atoms with Gasteiger partial charge in [-0.1, -0.05) is 34.4 Å². The second-order valence-corrected chi connectivity index (χ2v) is 15.6. The number of nitrogens with zero attached hydrogens (tertiary/aromatic N) is 3. The van der Waals surface area contributed by atoms with Gasteiger partial charge >= 0.3 is 0 Å². The van der Waals surface area contributed by atoms with Crippen molar-refractivity contribution in [2.75, 3.05) is 23.9 Å². The average molecular weight is 661 g/mol. The molecular weight excluding hydrogens is 625 g/mol. The van der Waals surface area contributed by atoms with Crippen molar-refractivity contribution in [3.8, 4) is 11.3 Å². The molecule has 44 heavy (non-hydrogen) atoms. The van der Waals surface area contributed by atoms with Crippen LogP contribution >= 0.6 is 23.2 Å². The Hall–Kier alpha value is -2.50. The number of carbonyl (C=O) groups excluding carboxylic acids is 1. The van der Waals surface area contributed by atoms with Gasteiger partial charge in [0.25, 0.3) is 0 Å². The highest BCUT2D eigenvalue weighted by Crippen LogP contribution is 2.48. The van der Waals surface area contributed by atoms with Gasteiger partial charge in [0.15, 0.2) is 15.6 Å². The second-order valence-electron chi connectivity index (χ2n) is 12.5. The Balaban J connectivity index is 1.01. The summed E-state index contributed by atoms with van der Waals surface area (Å²) in [6.45, 7) is 3.39. The third-order valence-electron chi connectivity index (χ3n) is 9.73. The molecule has 4 fully saturated rings. The van der Waals surface area contributed by atoms with Gasteiger partial charge in [-0.25, -0.2) is 13.4 Å². The number of fused-ring (bicyclic) bond motifs is 2. The summed E-state index contributed by atoms with van der Waals surface area (Å²) in [4.78, 5) is 19.8. The lowest BCUT2D eigenvalue weighted by atomic mass is 9.97. The van der Waals surface area contributed by atoms with Crippen LogP contribution in [-0.4, -0.2) is 66.7 Å². The molecule has 4 atom stereocenters. The van der Waals surface area contributed by atoms with Crippen molar-refractivity contribution in [1.29, 1.82) is 0 Å². The largest absolute Gasteiger partial charge is 0.381 e. The van der Waals surface area contributed by atoms with Crippen LogP contribution in [0.4, 0.5) is 5.82 Å². The van der Waals surface area contributed by atoms with Crippen molar-refractivity contribution < 1.29 is 27.2 Å². The van der Waals surface area contributed by atoms with Gasteiger partial charge in [0, 0.05) is 60.0 Å². The first-order valence-electron chi connectivity index (χ1n) is 15.3. The number of hydrogen-bond donors (Lipinski definition) is 0. The van der Waals surface area contributed by atoms with Gasteiger partial charge < -0.3 is 18.9 Å². The molecule has 9 nitrogen and oxygen atoms in total. The maximum atomic E-state index is 12.9. The van der Waals surface area contributed by atoms with E-state index in [4.69, 9.17) is 37.2 Å². The minimum atomic E-state index is -3.53. The summed E-state index contributed by atoms with van der Waals surface area (Å²) in [5.41, 5.74) is 2.57. The molecule has 2 saturated carbocycles. The van der Waals surface area contributed by atoms with E-state index in [0.717, 1.165) is 42.8 Å². The molecule has 4 heterocycles. The van der Waals surface area contributed by atoms with E-state index in [-0.39, 0.29) is 18.2 Å². The van der Waals surface area contributed by atoms with E-state index >= 15 is 0 Å². The molecule has 2 aliphatic carbocycles. The van der Waals surface area contributed by atoms with Gasteiger partial charge in [-0.3, -0.25) is 4.79 Å². The van der Waals surface area contributed by atoms with E-state index in [0.29, 0.717) is 71.4 Å². The summed E-state index contributed by atoms with van der Waals surface area (Å²) in [5.74, 6) is 1.40. The number of pyridine rings is 1. The van der Waals surface area contributed by atoms with Crippen LogP contribution in [0.15, 0.2) is 41.1 Å². The molecule has 2 aliphatic heterocycles. The van der Waals surface area contributed by atoms with Crippen LogP contribution in [0.2, 0.25) is 10.0 Å². The first-order chi connectivity index (χ1) is 21.2. The molecule has 12 heteroatoms. The molecule has 2 bridgehead atoms. The van der Waals surface area contributed by atoms with Crippen LogP contribution in [-0.2, 0) is 25.9 Å². The Morgan fingerprint density at radius 3 is 2.48 bits per heavy atom. The van der Waals surface area contributed by atoms with Crippen LogP contribution in [0.3, 0.4) is 0 Å². The van der Waals surface area contributed by atoms with E-state index in [9.17, 15) is 13.2 Å². The van der Waals surface area contributed by atoms with Crippen LogP contribution in [0.25, 0.3) is 11.3 Å². The second kappa shape index (κ2) is 12.0. The summed E-state index contributed by atoms with van der Waals surface area (Å²) in [6, 6.07) is 9.39. The highest BCUT2D eigenvalue weighted by atomic mass is 35.5. The minimum absolute atomic E-state index is 0.0685. The third kappa shape index (κ3) is 5.68. The maximum Gasteiger partial charge on any atom is 0.179 e. The quantitative estimate of drug-likeness (QED) is 0.232. The Labute approximate surface area is 267 Å². The highest BCUT2D eigenvalue weighted by Gasteiger charge is 2.50. The normalized spacial score (nSPS) is 25.6. The molecule has 2 saturated heterocycles. The monoisotopic (exact) mass is 659 g/mol. The molecule has 0 unspecified atom stereocenters. The SMILES string of the molecule is C[C@H]1[C@H]2C[C@H](C[C@@H]2OCc2c(-c3c(Cl)cccc3Cl)noc2C2CC2)N1c1ccc(C(=O)CS(=O)(=O)C2CCOCC2)cn1. The van der Waals surface area contributed by atoms with Crippen molar-refractivity contribution in [2.45, 2.75) is 81.4 Å². The van der Waals surface area contributed by atoms with Crippen molar-refractivity contribution in [3.05, 3.63) is 63.5 Å². The first kappa shape index (κ1) is 30.2. The summed E-state index contributed by atoms with van der Waals surface area (Å²) < 4.78 is 43.2. The summed E-state index contributed by atoms with van der Waals surface area (Å²) in [7, 11) is -3.53. The summed E-state index contributed by atoms with van der Waals surface area (Å²) in [5, 5.41) is 4.92. The van der Waals surface area contributed by atoms with Crippen LogP contribution in [0.1, 0.15) is 73.0 Å². The molecule has 0 amide bonds. The lowest BCUT2D eigenvalue weighted by Gasteiger charge is -2.38. The maximum absolute atomic E-state index is 12.9. The van der Waals surface area contributed by atoms with Gasteiger partial charge in [-0.2, -0.15) is 0 Å². The van der Waals surface area contributed by atoms with Crippen molar-refractivity contribution in [1.82, 2.24) is 10.1 Å². The van der Waals surface area contributed by atoms with E-state index < -0.39 is 26.6 Å². The van der Waals surface area contributed by atoms with Crippen LogP contribution in [0.5, 0.6) is 0 Å². The summed E-state index contributed by atoms with van der Waals surface area (Å²) in [6.07, 6.45) is 6.43. The third-order valence-corrected chi connectivity index (χ3v) is 12.5. The lowest BCUT2D eigenvalue weighted by Crippen LogP contribution is -2.45. The molecule has 1 aromatic carbocycles. The summed E-state index contributed by atoms with van der Waals surface area (Å²) >= 11 is 13.1. The Bertz CT molecular complexity index is 1630. The van der Waals surface area contributed by atoms with Gasteiger partial charge in [0.2, 0.25) is 0 Å². The first-order valence-corrected chi connectivity index (χ1v) is 17.8. The molecule has 3 aromatic rings. The van der Waals surface area contributed by atoms with Crippen molar-refractivity contribution in [3.63, 3.8) is 0 Å². The Kier molecular flexibility index (Phi) is 8.24. The molecule has 0 spiro atoms. The zero-order chi connectivity index (χ0) is 30.6. The van der Waals surface area contributed by atoms with Crippen molar-refractivity contribution in [2.24, 2.45) is 5.92 Å². The Morgan fingerprint density at radius 1 is 1.07 bits per heavy atom. The smallest absolute Gasteiger partial charge is 0.179 e. The number of aromatic nitrogens is 2. The molecule has 7 rings (SSSR count). The van der Waals surface area contributed by atoms with E-state index in [1.165, 1.54) is 6.20 Å². The van der Waals surface area contributed by atoms with Crippen molar-refractivity contribution >= 4 is 44.6 Å². The van der Waals surface area contributed by atoms with Crippen LogP contribution in [0, 0.1) is 5.92 Å². The van der Waals surface area contributed by atoms with Gasteiger partial charge in [-0.05, 0) is 69.7 Å². The number of piperidine rings is 1. The highest BCUT2D eigenvalue weighted by molar-refractivity contribution is 7.92. The number of ether oxygens (including phenoxy) is 2. The molecule has 234 valence electrons. The number of Topliss-reactive ketones (excluding diaryl/α,β-unsaturated/α-hetero) is 1. The van der Waals surface area contributed by atoms with E-state index in [1.807, 2.05) is 12.1 Å².